The minimum absolute atomic E-state index is 0.0174. The SMILES string of the molecule is C=CC[N+]1([C@H]2C[C@@H]3[C@H]4CC[C@H]5C[C@@H](O)[C@@H](N6CCOCC6)C[C@]5(C)[C@@H]4CC[C@]3(C)[C@@H]2OC(C)=O)CCCC1. The van der Waals surface area contributed by atoms with Crippen molar-refractivity contribution in [2.24, 2.45) is 34.5 Å². The number of hydrogen-bond acceptors (Lipinski definition) is 5. The Morgan fingerprint density at radius 3 is 2.53 bits per heavy atom. The minimum Gasteiger partial charge on any atom is -0.456 e. The van der Waals surface area contributed by atoms with Crippen molar-refractivity contribution in [1.29, 1.82) is 0 Å². The Morgan fingerprint density at radius 2 is 1.84 bits per heavy atom. The van der Waals surface area contributed by atoms with E-state index in [1.165, 1.54) is 51.6 Å². The molecule has 0 aromatic carbocycles. The molecule has 0 aromatic heterocycles. The average Bonchev–Trinajstić information content (AvgIpc) is 3.48. The molecular formula is C32H53N2O4+. The summed E-state index contributed by atoms with van der Waals surface area (Å²) < 4.78 is 13.1. The van der Waals surface area contributed by atoms with Crippen molar-refractivity contribution in [3.8, 4) is 0 Å². The number of quaternary nitrogens is 1. The summed E-state index contributed by atoms with van der Waals surface area (Å²) in [6.07, 6.45) is 12.7. The highest BCUT2D eigenvalue weighted by Crippen LogP contribution is 2.67. The summed E-state index contributed by atoms with van der Waals surface area (Å²) in [7, 11) is 0. The van der Waals surface area contributed by atoms with Gasteiger partial charge in [-0.25, -0.2) is 0 Å². The van der Waals surface area contributed by atoms with Crippen LogP contribution in [-0.2, 0) is 14.3 Å². The highest BCUT2D eigenvalue weighted by Gasteiger charge is 2.67. The summed E-state index contributed by atoms with van der Waals surface area (Å²) in [4.78, 5) is 15.0. The smallest absolute Gasteiger partial charge is 0.303 e. The number of carbonyl (C=O) groups excluding carboxylic acids is 1. The minimum atomic E-state index is -0.209. The summed E-state index contributed by atoms with van der Waals surface area (Å²) >= 11 is 0. The van der Waals surface area contributed by atoms with Gasteiger partial charge >= 0.3 is 5.97 Å². The summed E-state index contributed by atoms with van der Waals surface area (Å²) in [6, 6.07) is 0.663. The van der Waals surface area contributed by atoms with Crippen LogP contribution in [0.2, 0.25) is 0 Å². The maximum atomic E-state index is 12.5. The molecule has 0 bridgehead atoms. The molecule has 0 radical (unpaired) electrons. The lowest BCUT2D eigenvalue weighted by molar-refractivity contribution is -0.937. The second-order valence-corrected chi connectivity index (χ2v) is 14.6. The first-order chi connectivity index (χ1) is 18.2. The molecule has 38 heavy (non-hydrogen) atoms. The molecule has 2 saturated heterocycles. The van der Waals surface area contributed by atoms with Crippen LogP contribution in [0.4, 0.5) is 0 Å². The normalized spacial score (nSPS) is 48.5. The predicted octanol–water partition coefficient (Wildman–Crippen LogP) is 4.41. The molecule has 10 atom stereocenters. The van der Waals surface area contributed by atoms with Crippen LogP contribution >= 0.6 is 0 Å². The van der Waals surface area contributed by atoms with Gasteiger partial charge in [-0.05, 0) is 73.7 Å². The Kier molecular flexibility index (Phi) is 7.27. The van der Waals surface area contributed by atoms with E-state index in [9.17, 15) is 9.90 Å². The Hall–Kier alpha value is -0.950. The predicted molar refractivity (Wildman–Crippen MR) is 148 cm³/mol. The average molecular weight is 530 g/mol. The number of aliphatic hydroxyl groups is 1. The molecule has 4 aliphatic carbocycles. The van der Waals surface area contributed by atoms with E-state index in [0.717, 1.165) is 56.6 Å². The third kappa shape index (κ3) is 4.23. The summed E-state index contributed by atoms with van der Waals surface area (Å²) in [5.74, 6) is 2.54. The molecule has 0 amide bonds. The topological polar surface area (TPSA) is 59.0 Å². The number of hydrogen-bond donors (Lipinski definition) is 1. The van der Waals surface area contributed by atoms with Crippen LogP contribution in [0, 0.1) is 34.5 Å². The van der Waals surface area contributed by atoms with Gasteiger partial charge in [-0.15, -0.1) is 0 Å². The number of aliphatic hydroxyl groups excluding tert-OH is 1. The molecule has 4 saturated carbocycles. The fraction of sp³-hybridized carbons (Fsp3) is 0.906. The molecule has 0 unspecified atom stereocenters. The van der Waals surface area contributed by atoms with Crippen molar-refractivity contribution < 1.29 is 23.9 Å². The second-order valence-electron chi connectivity index (χ2n) is 14.6. The molecule has 6 aliphatic rings. The van der Waals surface area contributed by atoms with Crippen molar-refractivity contribution >= 4 is 5.97 Å². The summed E-state index contributed by atoms with van der Waals surface area (Å²) in [6.45, 7) is 17.7. The van der Waals surface area contributed by atoms with E-state index >= 15 is 0 Å². The maximum Gasteiger partial charge on any atom is 0.303 e. The third-order valence-electron chi connectivity index (χ3n) is 13.1. The largest absolute Gasteiger partial charge is 0.456 e. The van der Waals surface area contributed by atoms with Gasteiger partial charge < -0.3 is 19.1 Å². The maximum absolute atomic E-state index is 12.5. The monoisotopic (exact) mass is 529 g/mol. The third-order valence-corrected chi connectivity index (χ3v) is 13.1. The number of morpholine rings is 1. The number of carbonyl (C=O) groups is 1. The molecule has 6 heteroatoms. The van der Waals surface area contributed by atoms with Gasteiger partial charge in [0.25, 0.3) is 0 Å². The number of esters is 1. The molecule has 2 aliphatic heterocycles. The van der Waals surface area contributed by atoms with E-state index in [-0.39, 0.29) is 35.0 Å². The number of nitrogens with zero attached hydrogens (tertiary/aromatic N) is 2. The fourth-order valence-corrected chi connectivity index (χ4v) is 11.3. The van der Waals surface area contributed by atoms with Crippen molar-refractivity contribution in [1.82, 2.24) is 4.90 Å². The van der Waals surface area contributed by atoms with Gasteiger partial charge in [0.05, 0.1) is 39.0 Å². The zero-order chi connectivity index (χ0) is 26.7. The van der Waals surface area contributed by atoms with Crippen LogP contribution in [0.3, 0.4) is 0 Å². The van der Waals surface area contributed by atoms with Gasteiger partial charge in [-0.3, -0.25) is 9.69 Å². The lowest BCUT2D eigenvalue weighted by Crippen LogP contribution is -2.61. The van der Waals surface area contributed by atoms with Gasteiger partial charge in [-0.2, -0.15) is 0 Å². The highest BCUT2D eigenvalue weighted by molar-refractivity contribution is 5.66. The molecule has 6 fully saturated rings. The van der Waals surface area contributed by atoms with Gasteiger partial charge in [0.1, 0.15) is 6.04 Å². The number of fused-ring (bicyclic) bond motifs is 5. The second kappa shape index (κ2) is 10.2. The standard InChI is InChI=1S/C32H53N2O4/c1-5-14-34(15-6-7-16-34)28-20-26-24-9-8-23-19-29(36)27(33-12-17-37-18-13-33)21-32(23,4)25(24)10-11-31(26,3)30(28)38-22(2)35/h5,23-30,36H,1,6-21H2,2-4H3/q+1/t23-,24-,25+,26+,27-,28-,29+,30+,31-,32-/m0/s1. The molecule has 214 valence electrons. The quantitative estimate of drug-likeness (QED) is 0.325. The summed E-state index contributed by atoms with van der Waals surface area (Å²) in [5, 5.41) is 11.3. The van der Waals surface area contributed by atoms with Gasteiger partial charge in [0.15, 0.2) is 6.10 Å². The zero-order valence-electron chi connectivity index (χ0n) is 24.3. The molecule has 6 nitrogen and oxygen atoms in total. The zero-order valence-corrected chi connectivity index (χ0v) is 24.3. The van der Waals surface area contributed by atoms with Crippen LogP contribution < -0.4 is 0 Å². The van der Waals surface area contributed by atoms with Gasteiger partial charge in [0.2, 0.25) is 0 Å². The van der Waals surface area contributed by atoms with Crippen LogP contribution in [0.5, 0.6) is 0 Å². The lowest BCUT2D eigenvalue weighted by atomic mass is 9.44. The first kappa shape index (κ1) is 27.2. The van der Waals surface area contributed by atoms with Crippen molar-refractivity contribution in [2.45, 2.75) is 103 Å². The van der Waals surface area contributed by atoms with Crippen molar-refractivity contribution in [3.63, 3.8) is 0 Å². The summed E-state index contributed by atoms with van der Waals surface area (Å²) in [5.41, 5.74) is 0.343. The molecule has 2 heterocycles. The fourth-order valence-electron chi connectivity index (χ4n) is 11.3. The molecule has 0 spiro atoms. The molecule has 6 rings (SSSR count). The number of likely N-dealkylation sites (tertiary alicyclic amines) is 1. The van der Waals surface area contributed by atoms with Crippen molar-refractivity contribution in [3.05, 3.63) is 12.7 Å². The van der Waals surface area contributed by atoms with E-state index < -0.39 is 0 Å². The van der Waals surface area contributed by atoms with E-state index in [1.807, 2.05) is 0 Å². The Morgan fingerprint density at radius 1 is 1.11 bits per heavy atom. The molecule has 0 aromatic rings. The molecular weight excluding hydrogens is 476 g/mol. The van der Waals surface area contributed by atoms with Crippen LogP contribution in [-0.4, -0.2) is 90.7 Å². The first-order valence-corrected chi connectivity index (χ1v) is 15.9. The highest BCUT2D eigenvalue weighted by atomic mass is 16.5. The number of ether oxygens (including phenoxy) is 2. The van der Waals surface area contributed by atoms with E-state index in [4.69, 9.17) is 9.47 Å². The molecule has 1 N–H and O–H groups in total. The Labute approximate surface area is 230 Å². The van der Waals surface area contributed by atoms with Gasteiger partial charge in [0, 0.05) is 50.7 Å². The van der Waals surface area contributed by atoms with E-state index in [1.54, 1.807) is 6.92 Å². The lowest BCUT2D eigenvalue weighted by Gasteiger charge is -2.62. The van der Waals surface area contributed by atoms with Crippen LogP contribution in [0.1, 0.15) is 78.6 Å². The Balaban J connectivity index is 1.30. The van der Waals surface area contributed by atoms with Crippen molar-refractivity contribution in [2.75, 3.05) is 45.9 Å². The van der Waals surface area contributed by atoms with E-state index in [0.29, 0.717) is 29.7 Å². The first-order valence-electron chi connectivity index (χ1n) is 15.9. The van der Waals surface area contributed by atoms with Crippen LogP contribution in [0.25, 0.3) is 0 Å². The van der Waals surface area contributed by atoms with E-state index in [2.05, 4.69) is 31.4 Å². The van der Waals surface area contributed by atoms with Gasteiger partial charge in [-0.1, -0.05) is 20.4 Å². The Bertz CT molecular complexity index is 898. The van der Waals surface area contributed by atoms with Crippen LogP contribution in [0.15, 0.2) is 12.7 Å². The number of rotatable bonds is 5.